The first-order valence-corrected chi connectivity index (χ1v) is 8.05. The summed E-state index contributed by atoms with van der Waals surface area (Å²) in [6, 6.07) is 1.21. The van der Waals surface area contributed by atoms with E-state index in [9.17, 15) is 4.21 Å². The van der Waals surface area contributed by atoms with Gasteiger partial charge in [-0.1, -0.05) is 6.92 Å². The minimum atomic E-state index is -0.526. The molecule has 0 bridgehead atoms. The molecule has 1 unspecified atom stereocenters. The Labute approximate surface area is 94.1 Å². The molecule has 0 spiro atoms. The van der Waals surface area contributed by atoms with Gasteiger partial charge in [-0.2, -0.15) is 11.8 Å². The largest absolute Gasteiger partial charge is 0.311 e. The van der Waals surface area contributed by atoms with Gasteiger partial charge >= 0.3 is 0 Å². The summed E-state index contributed by atoms with van der Waals surface area (Å²) in [6.45, 7) is 4.44. The van der Waals surface area contributed by atoms with Crippen molar-refractivity contribution in [2.45, 2.75) is 38.8 Å². The molecule has 84 valence electrons. The van der Waals surface area contributed by atoms with Gasteiger partial charge in [0.1, 0.15) is 0 Å². The first-order chi connectivity index (χ1) is 6.72. The van der Waals surface area contributed by atoms with Crippen LogP contribution in [0.25, 0.3) is 0 Å². The summed E-state index contributed by atoms with van der Waals surface area (Å²) < 4.78 is 11.1. The maximum atomic E-state index is 11.1. The Kier molecular flexibility index (Phi) is 6.13. The Morgan fingerprint density at radius 1 is 1.50 bits per heavy atom. The van der Waals surface area contributed by atoms with Crippen LogP contribution in [-0.4, -0.2) is 39.3 Å². The molecule has 1 N–H and O–H groups in total. The average molecular weight is 235 g/mol. The van der Waals surface area contributed by atoms with E-state index in [4.69, 9.17) is 0 Å². The monoisotopic (exact) mass is 235 g/mol. The van der Waals surface area contributed by atoms with Crippen LogP contribution in [0.5, 0.6) is 0 Å². The van der Waals surface area contributed by atoms with E-state index in [0.29, 0.717) is 12.1 Å². The molecule has 0 aromatic heterocycles. The van der Waals surface area contributed by atoms with Crippen molar-refractivity contribution >= 4 is 22.6 Å². The third-order valence-corrected chi connectivity index (χ3v) is 5.01. The molecule has 1 saturated heterocycles. The molecule has 0 saturated carbocycles. The van der Waals surface area contributed by atoms with Crippen molar-refractivity contribution in [2.24, 2.45) is 0 Å². The summed E-state index contributed by atoms with van der Waals surface area (Å²) >= 11 is 1.98. The van der Waals surface area contributed by atoms with E-state index in [1.807, 2.05) is 11.8 Å². The van der Waals surface area contributed by atoms with Crippen LogP contribution in [0, 0.1) is 0 Å². The van der Waals surface area contributed by atoms with Gasteiger partial charge in [0.15, 0.2) is 0 Å². The minimum Gasteiger partial charge on any atom is -0.311 e. The summed E-state index contributed by atoms with van der Waals surface area (Å²) in [5.41, 5.74) is 0. The summed E-state index contributed by atoms with van der Waals surface area (Å²) in [4.78, 5) is 0. The van der Waals surface area contributed by atoms with E-state index < -0.39 is 10.8 Å². The summed E-state index contributed by atoms with van der Waals surface area (Å²) in [5, 5.41) is 3.62. The fourth-order valence-corrected chi connectivity index (χ4v) is 3.69. The third kappa shape index (κ3) is 4.80. The van der Waals surface area contributed by atoms with Crippen LogP contribution in [0.4, 0.5) is 0 Å². The molecule has 4 heteroatoms. The smallest absolute Gasteiger partial charge is 0.0249 e. The van der Waals surface area contributed by atoms with Crippen LogP contribution in [0.3, 0.4) is 0 Å². The first-order valence-electron chi connectivity index (χ1n) is 5.41. The number of hydrogen-bond acceptors (Lipinski definition) is 3. The molecule has 0 aromatic rings. The molecule has 0 aliphatic carbocycles. The molecular formula is C10H21NOS2. The van der Waals surface area contributed by atoms with Crippen LogP contribution in [-0.2, 0) is 10.8 Å². The zero-order chi connectivity index (χ0) is 10.4. The molecule has 1 aliphatic heterocycles. The second kappa shape index (κ2) is 6.85. The lowest BCUT2D eigenvalue weighted by atomic mass is 10.1. The molecule has 1 rings (SSSR count). The van der Waals surface area contributed by atoms with Crippen LogP contribution in [0.15, 0.2) is 0 Å². The second-order valence-corrected chi connectivity index (χ2v) is 6.86. The Hall–Kier alpha value is 0.460. The minimum absolute atomic E-state index is 0.526. The topological polar surface area (TPSA) is 29.1 Å². The average Bonchev–Trinajstić information content (AvgIpc) is 2.18. The molecular weight excluding hydrogens is 214 g/mol. The molecule has 1 aliphatic rings. The number of rotatable bonds is 5. The summed E-state index contributed by atoms with van der Waals surface area (Å²) in [6.07, 6.45) is 2.18. The highest BCUT2D eigenvalue weighted by atomic mass is 32.2. The van der Waals surface area contributed by atoms with Crippen LogP contribution < -0.4 is 5.32 Å². The van der Waals surface area contributed by atoms with Gasteiger partial charge in [0.2, 0.25) is 0 Å². The van der Waals surface area contributed by atoms with Crippen LogP contribution >= 0.6 is 11.8 Å². The first kappa shape index (κ1) is 12.5. The van der Waals surface area contributed by atoms with Gasteiger partial charge in [0.25, 0.3) is 0 Å². The summed E-state index contributed by atoms with van der Waals surface area (Å²) in [7, 11) is -0.526. The normalized spacial score (nSPS) is 30.1. The van der Waals surface area contributed by atoms with Crippen molar-refractivity contribution in [1.82, 2.24) is 5.32 Å². The number of thioether (sulfide) groups is 1. The molecule has 0 radical (unpaired) electrons. The quantitative estimate of drug-likeness (QED) is 0.785. The van der Waals surface area contributed by atoms with Crippen molar-refractivity contribution in [3.8, 4) is 0 Å². The highest BCUT2D eigenvalue weighted by Crippen LogP contribution is 2.11. The van der Waals surface area contributed by atoms with Gasteiger partial charge in [0, 0.05) is 40.1 Å². The van der Waals surface area contributed by atoms with Crippen molar-refractivity contribution in [3.63, 3.8) is 0 Å². The van der Waals surface area contributed by atoms with Gasteiger partial charge in [-0.15, -0.1) is 0 Å². The predicted molar refractivity (Wildman–Crippen MR) is 66.5 cm³/mol. The fourth-order valence-electron chi connectivity index (χ4n) is 1.71. The van der Waals surface area contributed by atoms with Crippen LogP contribution in [0.2, 0.25) is 0 Å². The van der Waals surface area contributed by atoms with E-state index in [0.717, 1.165) is 24.3 Å². The van der Waals surface area contributed by atoms with Crippen molar-refractivity contribution in [2.75, 3.05) is 23.0 Å². The Morgan fingerprint density at radius 3 is 2.71 bits per heavy atom. The van der Waals surface area contributed by atoms with E-state index in [-0.39, 0.29) is 0 Å². The van der Waals surface area contributed by atoms with Gasteiger partial charge in [0.05, 0.1) is 0 Å². The lowest BCUT2D eigenvalue weighted by Gasteiger charge is -2.26. The highest BCUT2D eigenvalue weighted by molar-refractivity contribution is 7.99. The van der Waals surface area contributed by atoms with E-state index >= 15 is 0 Å². The SMILES string of the molecule is CCSCC(C)NC1CCS(=O)CC1. The molecule has 1 fully saturated rings. The van der Waals surface area contributed by atoms with Gasteiger partial charge in [-0.25, -0.2) is 0 Å². The van der Waals surface area contributed by atoms with Gasteiger partial charge in [-0.05, 0) is 25.5 Å². The Balaban J connectivity index is 2.13. The maximum absolute atomic E-state index is 11.1. The Bertz CT molecular complexity index is 177. The zero-order valence-corrected chi connectivity index (χ0v) is 10.8. The lowest BCUT2D eigenvalue weighted by Crippen LogP contribution is -2.41. The molecule has 0 amide bonds. The molecule has 1 atom stereocenters. The van der Waals surface area contributed by atoms with Crippen molar-refractivity contribution in [3.05, 3.63) is 0 Å². The lowest BCUT2D eigenvalue weighted by molar-refractivity contribution is 0.438. The standard InChI is InChI=1S/C10H21NOS2/c1-3-13-8-9(2)11-10-4-6-14(12)7-5-10/h9-11H,3-8H2,1-2H3. The fraction of sp³-hybridized carbons (Fsp3) is 1.00. The van der Waals surface area contributed by atoms with Crippen molar-refractivity contribution in [1.29, 1.82) is 0 Å². The van der Waals surface area contributed by atoms with Crippen molar-refractivity contribution < 1.29 is 4.21 Å². The number of nitrogens with one attached hydrogen (secondary N) is 1. The Morgan fingerprint density at radius 2 is 2.14 bits per heavy atom. The maximum Gasteiger partial charge on any atom is 0.0249 e. The molecule has 14 heavy (non-hydrogen) atoms. The zero-order valence-electron chi connectivity index (χ0n) is 9.12. The molecule has 0 aromatic carbocycles. The van der Waals surface area contributed by atoms with E-state index in [1.54, 1.807) is 0 Å². The third-order valence-electron chi connectivity index (χ3n) is 2.48. The summed E-state index contributed by atoms with van der Waals surface area (Å²) in [5.74, 6) is 4.17. The second-order valence-electron chi connectivity index (χ2n) is 3.85. The van der Waals surface area contributed by atoms with E-state index in [2.05, 4.69) is 19.2 Å². The van der Waals surface area contributed by atoms with Gasteiger partial charge in [-0.3, -0.25) is 4.21 Å². The van der Waals surface area contributed by atoms with Gasteiger partial charge < -0.3 is 5.32 Å². The highest BCUT2D eigenvalue weighted by Gasteiger charge is 2.18. The molecule has 2 nitrogen and oxygen atoms in total. The number of hydrogen-bond donors (Lipinski definition) is 1. The van der Waals surface area contributed by atoms with E-state index in [1.165, 1.54) is 11.5 Å². The molecule has 1 heterocycles. The van der Waals surface area contributed by atoms with Crippen LogP contribution in [0.1, 0.15) is 26.7 Å². The predicted octanol–water partition coefficient (Wildman–Crippen LogP) is 1.63.